The van der Waals surface area contributed by atoms with E-state index in [2.05, 4.69) is 15.5 Å². The quantitative estimate of drug-likeness (QED) is 0.0871. The normalized spacial score (nSPS) is 18.0. The molecular formula is C30H23Cl2N5O6S2. The highest BCUT2D eigenvalue weighted by Gasteiger charge is 2.48. The van der Waals surface area contributed by atoms with E-state index in [1.807, 2.05) is 0 Å². The first-order valence-electron chi connectivity index (χ1n) is 13.8. The van der Waals surface area contributed by atoms with Crippen LogP contribution < -0.4 is 15.1 Å². The molecule has 1 saturated carbocycles. The number of carbonyl (C=O) groups excluding carboxylic acids is 3. The Hall–Kier alpha value is -4.04. The lowest BCUT2D eigenvalue weighted by Crippen LogP contribution is -2.30. The fraction of sp³-hybridized carbons (Fsp3) is 0.233. The first-order chi connectivity index (χ1) is 21.7. The Labute approximate surface area is 274 Å². The Morgan fingerprint density at radius 2 is 1.87 bits per heavy atom. The average molecular weight is 685 g/mol. The number of nitrogens with one attached hydrogen (secondary N) is 1. The summed E-state index contributed by atoms with van der Waals surface area (Å²) in [7, 11) is 0. The van der Waals surface area contributed by atoms with Crippen LogP contribution in [0.2, 0.25) is 10.0 Å². The molecule has 1 aromatic heterocycles. The van der Waals surface area contributed by atoms with Gasteiger partial charge < -0.3 is 4.74 Å². The number of nitro groups is 1. The number of hydrogen-bond acceptors (Lipinski definition) is 10. The van der Waals surface area contributed by atoms with E-state index in [-0.39, 0.29) is 46.7 Å². The predicted octanol–water partition coefficient (Wildman–Crippen LogP) is 6.87. The lowest BCUT2D eigenvalue weighted by Gasteiger charge is -2.19. The predicted molar refractivity (Wildman–Crippen MR) is 172 cm³/mol. The fourth-order valence-corrected chi connectivity index (χ4v) is 7.98. The van der Waals surface area contributed by atoms with Crippen LogP contribution in [0.5, 0.6) is 5.75 Å². The molecule has 45 heavy (non-hydrogen) atoms. The Balaban J connectivity index is 1.12. The number of amides is 3. The molecule has 0 radical (unpaired) electrons. The minimum absolute atomic E-state index is 0.141. The number of thiazole rings is 1. The maximum Gasteiger partial charge on any atom is 0.283 e. The van der Waals surface area contributed by atoms with Gasteiger partial charge in [-0.25, -0.2) is 10.4 Å². The summed E-state index contributed by atoms with van der Waals surface area (Å²) in [6.45, 7) is -0.357. The van der Waals surface area contributed by atoms with Crippen molar-refractivity contribution in [3.05, 3.63) is 80.3 Å². The van der Waals surface area contributed by atoms with Gasteiger partial charge in [0.2, 0.25) is 11.8 Å². The highest BCUT2D eigenvalue weighted by Crippen LogP contribution is 2.43. The molecule has 2 atom stereocenters. The van der Waals surface area contributed by atoms with Crippen molar-refractivity contribution >= 4 is 91.8 Å². The van der Waals surface area contributed by atoms with Crippen molar-refractivity contribution in [2.45, 2.75) is 34.9 Å². The second kappa shape index (κ2) is 13.1. The van der Waals surface area contributed by atoms with Gasteiger partial charge in [-0.05, 0) is 55.3 Å². The molecular weight excluding hydrogens is 661 g/mol. The number of rotatable bonds is 9. The summed E-state index contributed by atoms with van der Waals surface area (Å²) in [6.07, 6.45) is 4.67. The Morgan fingerprint density at radius 1 is 1.11 bits per heavy atom. The summed E-state index contributed by atoms with van der Waals surface area (Å²) in [6, 6.07) is 14.4. The van der Waals surface area contributed by atoms with Crippen molar-refractivity contribution in [1.82, 2.24) is 10.4 Å². The van der Waals surface area contributed by atoms with E-state index in [4.69, 9.17) is 27.9 Å². The van der Waals surface area contributed by atoms with Crippen molar-refractivity contribution in [2.24, 2.45) is 16.9 Å². The maximum absolute atomic E-state index is 13.0. The van der Waals surface area contributed by atoms with Crippen LogP contribution in [-0.4, -0.2) is 40.5 Å². The number of aromatic nitrogens is 1. The zero-order valence-corrected chi connectivity index (χ0v) is 26.4. The number of nitro benzene ring substituents is 1. The Bertz CT molecular complexity index is 1860. The molecule has 0 unspecified atom stereocenters. The number of anilines is 1. The van der Waals surface area contributed by atoms with Crippen LogP contribution in [0.1, 0.15) is 31.2 Å². The molecule has 15 heteroatoms. The largest absolute Gasteiger partial charge is 0.482 e. The molecule has 0 bridgehead atoms. The molecule has 1 aliphatic carbocycles. The molecule has 1 N–H and O–H groups in total. The van der Waals surface area contributed by atoms with Gasteiger partial charge in [-0.15, -0.1) is 11.3 Å². The molecule has 1 aliphatic heterocycles. The van der Waals surface area contributed by atoms with E-state index in [0.717, 1.165) is 42.1 Å². The van der Waals surface area contributed by atoms with Crippen molar-refractivity contribution in [1.29, 1.82) is 0 Å². The summed E-state index contributed by atoms with van der Waals surface area (Å²) in [4.78, 5) is 55.9. The number of hydrogen-bond donors (Lipinski definition) is 1. The van der Waals surface area contributed by atoms with Crippen molar-refractivity contribution in [3.63, 3.8) is 0 Å². The van der Waals surface area contributed by atoms with E-state index < -0.39 is 10.8 Å². The van der Waals surface area contributed by atoms with Gasteiger partial charge in [0.15, 0.2) is 10.9 Å². The Kier molecular flexibility index (Phi) is 9.04. The van der Waals surface area contributed by atoms with Gasteiger partial charge >= 0.3 is 0 Å². The average Bonchev–Trinajstić information content (AvgIpc) is 3.53. The van der Waals surface area contributed by atoms with Crippen molar-refractivity contribution in [2.75, 3.05) is 11.5 Å². The number of ether oxygens (including phenoxy) is 1. The fourth-order valence-electron chi connectivity index (χ4n) is 5.38. The number of hydrazone groups is 1. The van der Waals surface area contributed by atoms with Crippen LogP contribution >= 0.6 is 46.3 Å². The standard InChI is InChI=1S/C30H23Cl2N5O6S2/c31-17-6-9-24(21(32)12-17)43-15-27(38)35-33-14-16-5-10-25(23(11-16)37(41)42)44-30-34-22-8-7-18(13-26(22)45-30)36-28(39)19-3-1-2-4-20(19)29(36)40/h5-14,19-20H,1-4,15H2,(H,35,38)/b33-14-/t19-,20-/m1/s1. The molecule has 6 rings (SSSR count). The lowest BCUT2D eigenvalue weighted by atomic mass is 9.81. The maximum atomic E-state index is 13.0. The van der Waals surface area contributed by atoms with Crippen LogP contribution in [0.3, 0.4) is 0 Å². The van der Waals surface area contributed by atoms with Crippen molar-refractivity contribution in [3.8, 4) is 5.75 Å². The zero-order chi connectivity index (χ0) is 31.7. The van der Waals surface area contributed by atoms with Crippen LogP contribution in [0, 0.1) is 22.0 Å². The van der Waals surface area contributed by atoms with Gasteiger partial charge in [-0.1, -0.05) is 53.9 Å². The summed E-state index contributed by atoms with van der Waals surface area (Å²) >= 11 is 14.3. The number of imide groups is 1. The summed E-state index contributed by atoms with van der Waals surface area (Å²) < 4.78 is 6.68. The smallest absolute Gasteiger partial charge is 0.283 e. The van der Waals surface area contributed by atoms with Gasteiger partial charge in [0.25, 0.3) is 11.6 Å². The third-order valence-corrected chi connectivity index (χ3v) is 10.2. The summed E-state index contributed by atoms with van der Waals surface area (Å²) in [5, 5.41) is 16.4. The van der Waals surface area contributed by atoms with E-state index in [1.54, 1.807) is 36.4 Å². The number of benzene rings is 3. The first kappa shape index (κ1) is 31.0. The summed E-state index contributed by atoms with van der Waals surface area (Å²) in [5.74, 6) is -1.04. The van der Waals surface area contributed by atoms with Gasteiger partial charge in [0.1, 0.15) is 5.75 Å². The van der Waals surface area contributed by atoms with Gasteiger partial charge in [0.05, 0.1) is 48.8 Å². The highest BCUT2D eigenvalue weighted by atomic mass is 35.5. The summed E-state index contributed by atoms with van der Waals surface area (Å²) in [5.41, 5.74) is 3.71. The third-order valence-electron chi connectivity index (χ3n) is 7.48. The second-order valence-corrected chi connectivity index (χ2v) is 13.5. The highest BCUT2D eigenvalue weighted by molar-refractivity contribution is 8.01. The minimum atomic E-state index is -0.560. The van der Waals surface area contributed by atoms with E-state index in [9.17, 15) is 24.5 Å². The number of halogens is 2. The molecule has 4 aromatic rings. The first-order valence-corrected chi connectivity index (χ1v) is 16.2. The molecule has 2 heterocycles. The zero-order valence-electron chi connectivity index (χ0n) is 23.3. The van der Waals surface area contributed by atoms with Crippen LogP contribution in [-0.2, 0) is 14.4 Å². The third kappa shape index (κ3) is 6.66. The topological polar surface area (TPSA) is 144 Å². The van der Waals surface area contributed by atoms with Crippen LogP contribution in [0.4, 0.5) is 11.4 Å². The van der Waals surface area contributed by atoms with Gasteiger partial charge in [-0.2, -0.15) is 5.10 Å². The van der Waals surface area contributed by atoms with E-state index in [0.29, 0.717) is 31.0 Å². The van der Waals surface area contributed by atoms with Crippen molar-refractivity contribution < 1.29 is 24.0 Å². The molecule has 2 aliphatic rings. The molecule has 0 spiro atoms. The van der Waals surface area contributed by atoms with Gasteiger partial charge in [0, 0.05) is 16.7 Å². The Morgan fingerprint density at radius 3 is 2.58 bits per heavy atom. The number of fused-ring (bicyclic) bond motifs is 2. The molecule has 2 fully saturated rings. The van der Waals surface area contributed by atoms with E-state index >= 15 is 0 Å². The second-order valence-electron chi connectivity index (χ2n) is 10.4. The minimum Gasteiger partial charge on any atom is -0.482 e. The molecule has 3 aromatic carbocycles. The monoisotopic (exact) mass is 683 g/mol. The molecule has 230 valence electrons. The van der Waals surface area contributed by atoms with E-state index in [1.165, 1.54) is 40.7 Å². The molecule has 1 saturated heterocycles. The molecule has 11 nitrogen and oxygen atoms in total. The molecule has 3 amide bonds. The lowest BCUT2D eigenvalue weighted by molar-refractivity contribution is -0.387. The SMILES string of the molecule is O=C(COc1ccc(Cl)cc1Cl)N/N=C\c1ccc(Sc2nc3ccc(N4C(=O)[C@@H]5CCCC[C@H]5C4=O)cc3s2)c([N+](=O)[O-])c1. The van der Waals surface area contributed by atoms with Crippen LogP contribution in [0.25, 0.3) is 10.2 Å². The number of nitrogens with zero attached hydrogens (tertiary/aromatic N) is 4. The van der Waals surface area contributed by atoms with Gasteiger partial charge in [-0.3, -0.25) is 29.4 Å². The van der Waals surface area contributed by atoms with Crippen LogP contribution in [0.15, 0.2) is 68.9 Å². The number of carbonyl (C=O) groups is 3.